The SMILES string of the molecule is COc1ccc(N(C(=O)Cc2cnn(C)c2)[C@@H](C)C2CC2)cc1. The number of amides is 1. The van der Waals surface area contributed by atoms with E-state index in [0.717, 1.165) is 17.0 Å². The molecule has 2 aromatic rings. The summed E-state index contributed by atoms with van der Waals surface area (Å²) in [5.41, 5.74) is 1.87. The zero-order valence-corrected chi connectivity index (χ0v) is 13.9. The van der Waals surface area contributed by atoms with Crippen LogP contribution >= 0.6 is 0 Å². The van der Waals surface area contributed by atoms with Gasteiger partial charge in [-0.3, -0.25) is 9.48 Å². The summed E-state index contributed by atoms with van der Waals surface area (Å²) < 4.78 is 6.94. The quantitative estimate of drug-likeness (QED) is 0.824. The Labute approximate surface area is 136 Å². The van der Waals surface area contributed by atoms with E-state index in [1.165, 1.54) is 12.8 Å². The van der Waals surface area contributed by atoms with E-state index in [0.29, 0.717) is 12.3 Å². The molecule has 0 radical (unpaired) electrons. The van der Waals surface area contributed by atoms with Crippen LogP contribution in [0.1, 0.15) is 25.3 Å². The summed E-state index contributed by atoms with van der Waals surface area (Å²) in [6.45, 7) is 2.14. The molecule has 5 nitrogen and oxygen atoms in total. The third kappa shape index (κ3) is 3.55. The number of benzene rings is 1. The van der Waals surface area contributed by atoms with Crippen molar-refractivity contribution in [2.75, 3.05) is 12.0 Å². The lowest BCUT2D eigenvalue weighted by Crippen LogP contribution is -2.41. The molecule has 1 aliphatic carbocycles. The number of anilines is 1. The normalized spacial score (nSPS) is 15.3. The molecule has 0 spiro atoms. The van der Waals surface area contributed by atoms with Crippen molar-refractivity contribution in [1.82, 2.24) is 9.78 Å². The van der Waals surface area contributed by atoms with E-state index in [-0.39, 0.29) is 11.9 Å². The summed E-state index contributed by atoms with van der Waals surface area (Å²) in [5, 5.41) is 4.15. The van der Waals surface area contributed by atoms with E-state index in [2.05, 4.69) is 12.0 Å². The van der Waals surface area contributed by atoms with Gasteiger partial charge in [-0.05, 0) is 55.5 Å². The zero-order chi connectivity index (χ0) is 16.4. The van der Waals surface area contributed by atoms with Crippen LogP contribution in [-0.2, 0) is 18.3 Å². The molecule has 23 heavy (non-hydrogen) atoms. The average Bonchev–Trinajstić information content (AvgIpc) is 3.32. The number of ether oxygens (including phenoxy) is 1. The van der Waals surface area contributed by atoms with Crippen LogP contribution < -0.4 is 9.64 Å². The van der Waals surface area contributed by atoms with Crippen LogP contribution in [0.5, 0.6) is 5.75 Å². The molecule has 0 aliphatic heterocycles. The molecule has 122 valence electrons. The van der Waals surface area contributed by atoms with Crippen molar-refractivity contribution < 1.29 is 9.53 Å². The van der Waals surface area contributed by atoms with Crippen LogP contribution in [-0.4, -0.2) is 28.8 Å². The van der Waals surface area contributed by atoms with E-state index in [4.69, 9.17) is 4.74 Å². The minimum Gasteiger partial charge on any atom is -0.497 e. The topological polar surface area (TPSA) is 47.4 Å². The predicted octanol–water partition coefficient (Wildman–Crippen LogP) is 2.80. The monoisotopic (exact) mass is 313 g/mol. The van der Waals surface area contributed by atoms with Gasteiger partial charge in [-0.1, -0.05) is 0 Å². The van der Waals surface area contributed by atoms with Crippen molar-refractivity contribution in [3.8, 4) is 5.75 Å². The van der Waals surface area contributed by atoms with E-state index < -0.39 is 0 Å². The minimum absolute atomic E-state index is 0.113. The standard InChI is InChI=1S/C18H23N3O2/c1-13(15-4-5-15)21(16-6-8-17(23-3)9-7-16)18(22)10-14-11-19-20(2)12-14/h6-9,11-13,15H,4-5,10H2,1-3H3/t13-/m0/s1. The first-order valence-electron chi connectivity index (χ1n) is 8.02. The highest BCUT2D eigenvalue weighted by Crippen LogP contribution is 2.37. The van der Waals surface area contributed by atoms with Gasteiger partial charge in [0, 0.05) is 25.0 Å². The van der Waals surface area contributed by atoms with E-state index in [9.17, 15) is 4.79 Å². The zero-order valence-electron chi connectivity index (χ0n) is 13.9. The third-order valence-corrected chi connectivity index (χ3v) is 4.44. The molecule has 1 saturated carbocycles. The second kappa shape index (κ2) is 6.44. The van der Waals surface area contributed by atoms with Crippen LogP contribution in [0.2, 0.25) is 0 Å². The highest BCUT2D eigenvalue weighted by molar-refractivity contribution is 5.95. The van der Waals surface area contributed by atoms with Gasteiger partial charge < -0.3 is 9.64 Å². The fraction of sp³-hybridized carbons (Fsp3) is 0.444. The number of nitrogens with zero attached hydrogens (tertiary/aromatic N) is 3. The lowest BCUT2D eigenvalue weighted by molar-refractivity contribution is -0.118. The number of carbonyl (C=O) groups is 1. The molecule has 1 atom stereocenters. The Bertz CT molecular complexity index is 674. The Hall–Kier alpha value is -2.30. The number of aromatic nitrogens is 2. The second-order valence-electron chi connectivity index (χ2n) is 6.24. The smallest absolute Gasteiger partial charge is 0.231 e. The van der Waals surface area contributed by atoms with Crippen molar-refractivity contribution in [2.24, 2.45) is 13.0 Å². The third-order valence-electron chi connectivity index (χ3n) is 4.44. The van der Waals surface area contributed by atoms with Gasteiger partial charge in [0.2, 0.25) is 5.91 Å². The fourth-order valence-electron chi connectivity index (χ4n) is 2.96. The Balaban J connectivity index is 1.83. The number of hydrogen-bond acceptors (Lipinski definition) is 3. The number of rotatable bonds is 6. The maximum atomic E-state index is 12.9. The highest BCUT2D eigenvalue weighted by atomic mass is 16.5. The second-order valence-corrected chi connectivity index (χ2v) is 6.24. The molecule has 3 rings (SSSR count). The first kappa shape index (κ1) is 15.6. The van der Waals surface area contributed by atoms with Crippen molar-refractivity contribution in [3.05, 3.63) is 42.2 Å². The van der Waals surface area contributed by atoms with Crippen molar-refractivity contribution >= 4 is 11.6 Å². The molecule has 0 saturated heterocycles. The molecule has 0 unspecified atom stereocenters. The molecule has 1 fully saturated rings. The summed E-state index contributed by atoms with van der Waals surface area (Å²) >= 11 is 0. The number of aryl methyl sites for hydroxylation is 1. The maximum Gasteiger partial charge on any atom is 0.231 e. The molecule has 5 heteroatoms. The van der Waals surface area contributed by atoms with Gasteiger partial charge in [-0.2, -0.15) is 5.10 Å². The molecule has 1 amide bonds. The van der Waals surface area contributed by atoms with Gasteiger partial charge in [0.05, 0.1) is 19.7 Å². The Morgan fingerprint density at radius 1 is 1.39 bits per heavy atom. The Morgan fingerprint density at radius 2 is 2.09 bits per heavy atom. The fourth-order valence-corrected chi connectivity index (χ4v) is 2.96. The van der Waals surface area contributed by atoms with E-state index >= 15 is 0 Å². The van der Waals surface area contributed by atoms with Crippen LogP contribution in [0.4, 0.5) is 5.69 Å². The summed E-state index contributed by atoms with van der Waals surface area (Å²) in [6.07, 6.45) is 6.43. The molecular weight excluding hydrogens is 290 g/mol. The first-order chi connectivity index (χ1) is 11.1. The van der Waals surface area contributed by atoms with E-state index in [1.54, 1.807) is 18.0 Å². The molecule has 1 aromatic heterocycles. The molecule has 0 bridgehead atoms. The predicted molar refractivity (Wildman–Crippen MR) is 89.6 cm³/mol. The van der Waals surface area contributed by atoms with Gasteiger partial charge >= 0.3 is 0 Å². The summed E-state index contributed by atoms with van der Waals surface area (Å²) in [4.78, 5) is 14.8. The molecule has 1 heterocycles. The van der Waals surface area contributed by atoms with E-state index in [1.807, 2.05) is 42.4 Å². The van der Waals surface area contributed by atoms with Gasteiger partial charge in [0.25, 0.3) is 0 Å². The summed E-state index contributed by atoms with van der Waals surface area (Å²) in [5.74, 6) is 1.52. The van der Waals surface area contributed by atoms with Crippen molar-refractivity contribution in [3.63, 3.8) is 0 Å². The van der Waals surface area contributed by atoms with Crippen LogP contribution in [0.3, 0.4) is 0 Å². The summed E-state index contributed by atoms with van der Waals surface area (Å²) in [7, 11) is 3.51. The lowest BCUT2D eigenvalue weighted by atomic mass is 10.1. The molecular formula is C18H23N3O2. The van der Waals surface area contributed by atoms with Crippen LogP contribution in [0, 0.1) is 5.92 Å². The van der Waals surface area contributed by atoms with Crippen molar-refractivity contribution in [2.45, 2.75) is 32.2 Å². The van der Waals surface area contributed by atoms with Crippen LogP contribution in [0.15, 0.2) is 36.7 Å². The Kier molecular flexibility index (Phi) is 4.37. The number of methoxy groups -OCH3 is 1. The van der Waals surface area contributed by atoms with Gasteiger partial charge in [0.15, 0.2) is 0 Å². The molecule has 1 aromatic carbocycles. The molecule has 0 N–H and O–H groups in total. The van der Waals surface area contributed by atoms with Gasteiger partial charge in [-0.15, -0.1) is 0 Å². The summed E-state index contributed by atoms with van der Waals surface area (Å²) in [6, 6.07) is 7.93. The minimum atomic E-state index is 0.113. The number of hydrogen-bond donors (Lipinski definition) is 0. The Morgan fingerprint density at radius 3 is 2.61 bits per heavy atom. The lowest BCUT2D eigenvalue weighted by Gasteiger charge is -2.29. The first-order valence-corrected chi connectivity index (χ1v) is 8.02. The average molecular weight is 313 g/mol. The maximum absolute atomic E-state index is 12.9. The number of carbonyl (C=O) groups excluding carboxylic acids is 1. The largest absolute Gasteiger partial charge is 0.497 e. The van der Waals surface area contributed by atoms with Gasteiger partial charge in [-0.25, -0.2) is 0 Å². The molecule has 1 aliphatic rings. The van der Waals surface area contributed by atoms with Gasteiger partial charge in [0.1, 0.15) is 5.75 Å². The van der Waals surface area contributed by atoms with Crippen molar-refractivity contribution in [1.29, 1.82) is 0 Å². The van der Waals surface area contributed by atoms with Crippen LogP contribution in [0.25, 0.3) is 0 Å². The highest BCUT2D eigenvalue weighted by Gasteiger charge is 2.35.